The number of hydrogen-bond donors (Lipinski definition) is 2. The van der Waals surface area contributed by atoms with Crippen LogP contribution in [0.25, 0.3) is 33.1 Å². The van der Waals surface area contributed by atoms with Gasteiger partial charge in [-0.2, -0.15) is 0 Å². The Morgan fingerprint density at radius 1 is 0.854 bits per heavy atom. The van der Waals surface area contributed by atoms with Crippen LogP contribution in [-0.2, 0) is 24.1 Å². The lowest BCUT2D eigenvalue weighted by Crippen LogP contribution is -2.32. The first-order valence-corrected chi connectivity index (χ1v) is 15.9. The summed E-state index contributed by atoms with van der Waals surface area (Å²) in [5.41, 5.74) is 8.12. The van der Waals surface area contributed by atoms with Gasteiger partial charge >= 0.3 is 5.97 Å². The summed E-state index contributed by atoms with van der Waals surface area (Å²) < 4.78 is 16.0. The van der Waals surface area contributed by atoms with Crippen molar-refractivity contribution in [3.63, 3.8) is 0 Å². The number of ether oxygens (including phenoxy) is 3. The minimum atomic E-state index is -0.541. The third kappa shape index (κ3) is 6.20. The second-order valence-electron chi connectivity index (χ2n) is 12.0. The van der Waals surface area contributed by atoms with Crippen molar-refractivity contribution in [1.82, 2.24) is 14.9 Å². The van der Waals surface area contributed by atoms with Gasteiger partial charge in [-0.05, 0) is 84.1 Å². The lowest BCUT2D eigenvalue weighted by atomic mass is 9.98. The lowest BCUT2D eigenvalue weighted by Gasteiger charge is -2.29. The Balaban J connectivity index is 1.08. The van der Waals surface area contributed by atoms with E-state index in [0.29, 0.717) is 11.2 Å². The number of anilines is 1. The molecule has 3 heterocycles. The molecule has 0 spiro atoms. The third-order valence-corrected chi connectivity index (χ3v) is 9.01. The average molecular weight is 641 g/mol. The van der Waals surface area contributed by atoms with Crippen molar-refractivity contribution >= 4 is 39.4 Å². The van der Waals surface area contributed by atoms with Crippen LogP contribution in [-0.4, -0.2) is 61.2 Å². The van der Waals surface area contributed by atoms with E-state index in [9.17, 15) is 9.59 Å². The van der Waals surface area contributed by atoms with Crippen molar-refractivity contribution in [2.24, 2.45) is 0 Å². The van der Waals surface area contributed by atoms with Gasteiger partial charge in [0.15, 0.2) is 11.5 Å². The molecule has 1 amide bonds. The first kappa shape index (κ1) is 31.0. The number of H-pyrrole nitrogens is 1. The number of para-hydroxylation sites is 1. The molecular weight excluding hydrogens is 604 g/mol. The highest BCUT2D eigenvalue weighted by molar-refractivity contribution is 6.08. The van der Waals surface area contributed by atoms with Gasteiger partial charge in [0.1, 0.15) is 5.69 Å². The highest BCUT2D eigenvalue weighted by Crippen LogP contribution is 2.34. The average Bonchev–Trinajstić information content (AvgIpc) is 3.56. The number of fused-ring (bicyclic) bond motifs is 3. The van der Waals surface area contributed by atoms with Gasteiger partial charge in [0.2, 0.25) is 0 Å². The molecule has 0 saturated heterocycles. The predicted molar refractivity (Wildman–Crippen MR) is 187 cm³/mol. The van der Waals surface area contributed by atoms with E-state index in [4.69, 9.17) is 14.2 Å². The Labute approximate surface area is 278 Å². The van der Waals surface area contributed by atoms with Crippen LogP contribution >= 0.6 is 0 Å². The number of carbonyl (C=O) groups excluding carboxylic acids is 2. The number of methoxy groups -OCH3 is 3. The van der Waals surface area contributed by atoms with Crippen molar-refractivity contribution in [3.05, 3.63) is 119 Å². The van der Waals surface area contributed by atoms with Gasteiger partial charge in [-0.1, -0.05) is 36.4 Å². The summed E-state index contributed by atoms with van der Waals surface area (Å²) in [6.45, 7) is 2.82. The summed E-state index contributed by atoms with van der Waals surface area (Å²) in [5, 5.41) is 4.92. The quantitative estimate of drug-likeness (QED) is 0.163. The lowest BCUT2D eigenvalue weighted by molar-refractivity contribution is 0.0602. The minimum absolute atomic E-state index is 0.252. The van der Waals surface area contributed by atoms with E-state index in [-0.39, 0.29) is 11.3 Å². The molecule has 0 bridgehead atoms. The number of pyridine rings is 1. The van der Waals surface area contributed by atoms with Gasteiger partial charge in [-0.25, -0.2) is 9.78 Å². The first-order chi connectivity index (χ1) is 23.4. The normalized spacial score (nSPS) is 12.9. The molecule has 1 aliphatic heterocycles. The molecule has 1 aliphatic rings. The molecule has 2 aromatic heterocycles. The number of esters is 1. The molecule has 4 aromatic carbocycles. The maximum absolute atomic E-state index is 13.3. The first-order valence-electron chi connectivity index (χ1n) is 15.9. The van der Waals surface area contributed by atoms with Crippen LogP contribution < -0.4 is 14.8 Å². The number of rotatable bonds is 9. The molecule has 0 unspecified atom stereocenters. The minimum Gasteiger partial charge on any atom is -0.493 e. The molecule has 48 heavy (non-hydrogen) atoms. The SMILES string of the molecule is COC(=O)c1ccc(-c2cc3cc(CCN4CCc5cc(OC)c(OC)cc5C4)ccc3[nH]2)cc1NC(=O)c1ccc2ccccc2n1. The number of nitrogens with one attached hydrogen (secondary N) is 2. The van der Waals surface area contributed by atoms with Crippen molar-refractivity contribution in [3.8, 4) is 22.8 Å². The number of benzene rings is 4. The maximum atomic E-state index is 13.3. The van der Waals surface area contributed by atoms with Gasteiger partial charge in [0.25, 0.3) is 5.91 Å². The summed E-state index contributed by atoms with van der Waals surface area (Å²) >= 11 is 0. The summed E-state index contributed by atoms with van der Waals surface area (Å²) in [5.74, 6) is 0.590. The monoisotopic (exact) mass is 640 g/mol. The Morgan fingerprint density at radius 2 is 1.67 bits per heavy atom. The van der Waals surface area contributed by atoms with Crippen molar-refractivity contribution in [2.45, 2.75) is 19.4 Å². The fourth-order valence-corrected chi connectivity index (χ4v) is 6.39. The smallest absolute Gasteiger partial charge is 0.339 e. The number of aromatic nitrogens is 2. The molecule has 0 atom stereocenters. The number of hydrogen-bond acceptors (Lipinski definition) is 7. The van der Waals surface area contributed by atoms with E-state index >= 15 is 0 Å². The zero-order chi connectivity index (χ0) is 33.2. The molecule has 242 valence electrons. The fraction of sp³-hybridized carbons (Fsp3) is 0.205. The summed E-state index contributed by atoms with van der Waals surface area (Å²) in [4.78, 5) is 36.4. The summed E-state index contributed by atoms with van der Waals surface area (Å²) in [6.07, 6.45) is 1.90. The van der Waals surface area contributed by atoms with Crippen LogP contribution in [0, 0.1) is 0 Å². The Bertz CT molecular complexity index is 2170. The molecule has 0 saturated carbocycles. The zero-order valence-electron chi connectivity index (χ0n) is 27.1. The maximum Gasteiger partial charge on any atom is 0.339 e. The van der Waals surface area contributed by atoms with E-state index in [1.54, 1.807) is 32.4 Å². The highest BCUT2D eigenvalue weighted by Gasteiger charge is 2.20. The van der Waals surface area contributed by atoms with Crippen molar-refractivity contribution in [1.29, 1.82) is 0 Å². The zero-order valence-corrected chi connectivity index (χ0v) is 27.1. The molecule has 9 nitrogen and oxygen atoms in total. The van der Waals surface area contributed by atoms with Gasteiger partial charge in [-0.15, -0.1) is 0 Å². The van der Waals surface area contributed by atoms with Gasteiger partial charge in [0, 0.05) is 47.2 Å². The van der Waals surface area contributed by atoms with E-state index in [1.165, 1.54) is 23.8 Å². The Kier molecular flexibility index (Phi) is 8.52. The van der Waals surface area contributed by atoms with Gasteiger partial charge < -0.3 is 24.5 Å². The molecule has 6 aromatic rings. The van der Waals surface area contributed by atoms with Crippen LogP contribution in [0.1, 0.15) is 37.5 Å². The Morgan fingerprint density at radius 3 is 2.48 bits per heavy atom. The predicted octanol–water partition coefficient (Wildman–Crippen LogP) is 7.04. The molecule has 0 radical (unpaired) electrons. The van der Waals surface area contributed by atoms with E-state index in [1.807, 2.05) is 36.4 Å². The molecule has 7 rings (SSSR count). The second kappa shape index (κ2) is 13.2. The summed E-state index contributed by atoms with van der Waals surface area (Å²) in [6, 6.07) is 29.2. The number of amides is 1. The second-order valence-corrected chi connectivity index (χ2v) is 12.0. The van der Waals surface area contributed by atoms with E-state index < -0.39 is 11.9 Å². The fourth-order valence-electron chi connectivity index (χ4n) is 6.39. The molecule has 0 fully saturated rings. The standard InChI is InChI=1S/C39H36N4O5/c1-46-36-21-26-15-17-43(23-29(26)22-37(36)47-2)16-14-24-8-12-32-28(18-24)20-34(41-32)27-9-11-30(39(45)48-3)35(19-27)42-38(44)33-13-10-25-6-4-5-7-31(25)40-33/h4-13,18-22,41H,14-17,23H2,1-3H3,(H,42,44). The third-order valence-electron chi connectivity index (χ3n) is 9.01. The molecule has 9 heteroatoms. The van der Waals surface area contributed by atoms with E-state index in [2.05, 4.69) is 56.6 Å². The van der Waals surface area contributed by atoms with Crippen LogP contribution in [0.5, 0.6) is 11.5 Å². The van der Waals surface area contributed by atoms with E-state index in [0.717, 1.165) is 71.5 Å². The number of nitrogens with zero attached hydrogens (tertiary/aromatic N) is 2. The van der Waals surface area contributed by atoms with Gasteiger partial charge in [-0.3, -0.25) is 9.69 Å². The molecule has 2 N–H and O–H groups in total. The molecular formula is C39H36N4O5. The van der Waals surface area contributed by atoms with Crippen molar-refractivity contribution in [2.75, 3.05) is 39.7 Å². The number of carbonyl (C=O) groups is 2. The summed E-state index contributed by atoms with van der Waals surface area (Å²) in [7, 11) is 4.67. The van der Waals surface area contributed by atoms with Gasteiger partial charge in [0.05, 0.1) is 38.1 Å². The molecule has 0 aliphatic carbocycles. The Hall–Kier alpha value is -5.67. The number of aromatic amines is 1. The van der Waals surface area contributed by atoms with Crippen molar-refractivity contribution < 1.29 is 23.8 Å². The highest BCUT2D eigenvalue weighted by atomic mass is 16.5. The largest absolute Gasteiger partial charge is 0.493 e. The van der Waals surface area contributed by atoms with Crippen LogP contribution in [0.2, 0.25) is 0 Å². The topological polar surface area (TPSA) is 106 Å². The van der Waals surface area contributed by atoms with Crippen LogP contribution in [0.4, 0.5) is 5.69 Å². The van der Waals surface area contributed by atoms with Crippen LogP contribution in [0.3, 0.4) is 0 Å². The van der Waals surface area contributed by atoms with Crippen LogP contribution in [0.15, 0.2) is 91.0 Å².